The predicted molar refractivity (Wildman–Crippen MR) is 100 cm³/mol. The highest BCUT2D eigenvalue weighted by Gasteiger charge is 2.23. The van der Waals surface area contributed by atoms with Crippen molar-refractivity contribution in [3.63, 3.8) is 0 Å². The highest BCUT2D eigenvalue weighted by molar-refractivity contribution is 5.96. The summed E-state index contributed by atoms with van der Waals surface area (Å²) in [4.78, 5) is 18.9. The largest absolute Gasteiger partial charge is 0.378 e. The molecule has 2 aliphatic rings. The first-order valence-corrected chi connectivity index (χ1v) is 8.61. The van der Waals surface area contributed by atoms with Gasteiger partial charge in [-0.05, 0) is 24.1 Å². The van der Waals surface area contributed by atoms with E-state index in [0.717, 1.165) is 5.56 Å². The predicted octanol–water partition coefficient (Wildman–Crippen LogP) is 2.80. The van der Waals surface area contributed by atoms with Crippen molar-refractivity contribution in [2.24, 2.45) is 17.2 Å². The monoisotopic (exact) mass is 362 g/mol. The van der Waals surface area contributed by atoms with Gasteiger partial charge in [0.1, 0.15) is 5.69 Å². The van der Waals surface area contributed by atoms with Crippen LogP contribution in [0.4, 0.5) is 5.82 Å². The van der Waals surface area contributed by atoms with Gasteiger partial charge in [0, 0.05) is 37.3 Å². The quantitative estimate of drug-likeness (QED) is 0.850. The third-order valence-corrected chi connectivity index (χ3v) is 4.56. The molecule has 2 aromatic rings. The molecule has 0 spiro atoms. The summed E-state index contributed by atoms with van der Waals surface area (Å²) >= 11 is 0. The maximum Gasteiger partial charge on any atom is 0.254 e. The summed E-state index contributed by atoms with van der Waals surface area (Å²) in [6.07, 6.45) is 3.30. The van der Waals surface area contributed by atoms with Crippen molar-refractivity contribution in [1.29, 1.82) is 5.53 Å². The van der Waals surface area contributed by atoms with Gasteiger partial charge in [0.05, 0.1) is 24.5 Å². The number of carbonyl (C=O) groups excluding carboxylic acids is 1. The molecular weight excluding hydrogens is 344 g/mol. The minimum absolute atomic E-state index is 0.0252. The highest BCUT2D eigenvalue weighted by Crippen LogP contribution is 2.37. The molecule has 0 bridgehead atoms. The van der Waals surface area contributed by atoms with Crippen LogP contribution in [0.3, 0.4) is 0 Å². The van der Waals surface area contributed by atoms with Gasteiger partial charge in [0.25, 0.3) is 5.91 Å². The first-order chi connectivity index (χ1) is 13.2. The molecule has 1 amide bonds. The summed E-state index contributed by atoms with van der Waals surface area (Å²) in [5.74, 6) is 3.34. The zero-order chi connectivity index (χ0) is 18.8. The molecule has 4 rings (SSSR count). The lowest BCUT2D eigenvalue weighted by atomic mass is 10.0. The number of morpholine rings is 1. The van der Waals surface area contributed by atoms with Gasteiger partial charge in [-0.3, -0.25) is 4.79 Å². The molecule has 2 aliphatic heterocycles. The number of aromatic nitrogens is 2. The fourth-order valence-electron chi connectivity index (χ4n) is 3.22. The second kappa shape index (κ2) is 7.11. The van der Waals surface area contributed by atoms with Crippen molar-refractivity contribution in [1.82, 2.24) is 14.7 Å². The Bertz CT molecular complexity index is 1010. The van der Waals surface area contributed by atoms with Crippen LogP contribution < -0.4 is 0 Å². The minimum Gasteiger partial charge on any atom is -0.378 e. The number of amides is 1. The number of hydrogen-bond donors (Lipinski definition) is 1. The Balaban J connectivity index is 1.77. The summed E-state index contributed by atoms with van der Waals surface area (Å²) in [6, 6.07) is 7.35. The molecule has 0 radical (unpaired) electrons. The van der Waals surface area contributed by atoms with E-state index in [2.05, 4.69) is 21.1 Å². The zero-order valence-corrected chi connectivity index (χ0v) is 14.8. The Morgan fingerprint density at radius 1 is 1.33 bits per heavy atom. The average molecular weight is 362 g/mol. The van der Waals surface area contributed by atoms with Crippen LogP contribution in [0, 0.1) is 5.53 Å². The normalized spacial score (nSPS) is 15.9. The fourth-order valence-corrected chi connectivity index (χ4v) is 3.22. The standard InChI is InChI=1S/C19H18N6O2/c1-24-18-16(15(22-20)6-3-7-21-18)17(23-24)13-4-2-5-14(12-13)19(26)25-8-10-27-11-9-25/h2-6,12,20H,8-11H2,1H3. The van der Waals surface area contributed by atoms with Crippen molar-refractivity contribution >= 4 is 23.3 Å². The van der Waals surface area contributed by atoms with Crippen molar-refractivity contribution in [3.8, 4) is 11.3 Å². The fraction of sp³-hybridized carbons (Fsp3) is 0.263. The molecule has 27 heavy (non-hydrogen) atoms. The summed E-state index contributed by atoms with van der Waals surface area (Å²) in [6.45, 7) is 2.30. The molecule has 8 heteroatoms. The zero-order valence-electron chi connectivity index (χ0n) is 14.8. The van der Waals surface area contributed by atoms with Gasteiger partial charge in [-0.15, -0.1) is 0 Å². The van der Waals surface area contributed by atoms with Crippen LogP contribution in [0.15, 0.2) is 46.5 Å². The van der Waals surface area contributed by atoms with Crippen molar-refractivity contribution in [2.75, 3.05) is 26.3 Å². The van der Waals surface area contributed by atoms with Gasteiger partial charge in [0.2, 0.25) is 0 Å². The number of aryl methyl sites for hydroxylation is 1. The van der Waals surface area contributed by atoms with E-state index in [9.17, 15) is 4.79 Å². The Labute approximate surface area is 156 Å². The van der Waals surface area contributed by atoms with Gasteiger partial charge in [-0.2, -0.15) is 15.2 Å². The molecule has 0 aliphatic carbocycles. The number of aliphatic imine (C=N–C) groups is 1. The van der Waals surface area contributed by atoms with Gasteiger partial charge in [-0.25, -0.2) is 10.2 Å². The van der Waals surface area contributed by atoms with Gasteiger partial charge in [0.15, 0.2) is 5.82 Å². The Hall–Kier alpha value is -3.35. The number of nitrogens with zero attached hydrogens (tertiary/aromatic N) is 5. The third-order valence-electron chi connectivity index (χ3n) is 4.56. The van der Waals surface area contributed by atoms with Crippen LogP contribution >= 0.6 is 0 Å². The summed E-state index contributed by atoms with van der Waals surface area (Å²) in [5, 5.41) is 8.17. The SMILES string of the molecule is Cn1nc(-c2cccc(C(=O)N3CCOCC3)c2)c2c1N=C=CC=C2N=N. The number of nitrogens with one attached hydrogen (secondary N) is 1. The molecule has 136 valence electrons. The topological polar surface area (TPSA) is 95.9 Å². The summed E-state index contributed by atoms with van der Waals surface area (Å²) in [7, 11) is 1.78. The van der Waals surface area contributed by atoms with Crippen molar-refractivity contribution < 1.29 is 9.53 Å². The summed E-state index contributed by atoms with van der Waals surface area (Å²) < 4.78 is 6.95. The molecule has 1 fully saturated rings. The molecule has 0 unspecified atom stereocenters. The molecule has 1 saturated heterocycles. The molecule has 3 heterocycles. The van der Waals surface area contributed by atoms with E-state index < -0.39 is 0 Å². The van der Waals surface area contributed by atoms with Gasteiger partial charge >= 0.3 is 0 Å². The second-order valence-corrected chi connectivity index (χ2v) is 6.23. The van der Waals surface area contributed by atoms with Crippen molar-refractivity contribution in [3.05, 3.63) is 47.5 Å². The van der Waals surface area contributed by atoms with Crippen LogP contribution in [0.5, 0.6) is 0 Å². The minimum atomic E-state index is -0.0252. The van der Waals surface area contributed by atoms with Gasteiger partial charge < -0.3 is 9.64 Å². The summed E-state index contributed by atoms with van der Waals surface area (Å²) in [5.41, 5.74) is 10.6. The Kier molecular flexibility index (Phi) is 4.50. The van der Waals surface area contributed by atoms with Crippen molar-refractivity contribution in [2.45, 2.75) is 0 Å². The maximum atomic E-state index is 12.8. The lowest BCUT2D eigenvalue weighted by Gasteiger charge is -2.27. The van der Waals surface area contributed by atoms with Crippen LogP contribution in [0.1, 0.15) is 15.9 Å². The number of carbonyl (C=O) groups is 1. The van der Waals surface area contributed by atoms with Crippen LogP contribution in [0.2, 0.25) is 0 Å². The van der Waals surface area contributed by atoms with E-state index in [1.165, 1.54) is 0 Å². The number of fused-ring (bicyclic) bond motifs is 1. The van der Waals surface area contributed by atoms with E-state index in [-0.39, 0.29) is 5.91 Å². The average Bonchev–Trinajstić information content (AvgIpc) is 2.90. The first-order valence-electron chi connectivity index (χ1n) is 8.61. The molecule has 1 aromatic heterocycles. The Morgan fingerprint density at radius 2 is 2.15 bits per heavy atom. The van der Waals surface area contributed by atoms with E-state index in [4.69, 9.17) is 10.3 Å². The van der Waals surface area contributed by atoms with Crippen LogP contribution in [-0.2, 0) is 11.8 Å². The molecule has 1 aromatic carbocycles. The smallest absolute Gasteiger partial charge is 0.254 e. The van der Waals surface area contributed by atoms with E-state index in [1.54, 1.807) is 34.8 Å². The second-order valence-electron chi connectivity index (χ2n) is 6.23. The molecule has 8 nitrogen and oxygen atoms in total. The van der Waals surface area contributed by atoms with Gasteiger partial charge in [-0.1, -0.05) is 12.1 Å². The number of rotatable bonds is 3. The first kappa shape index (κ1) is 17.1. The number of allylic oxidation sites excluding steroid dienone is 2. The Morgan fingerprint density at radius 3 is 2.93 bits per heavy atom. The number of ether oxygens (including phenoxy) is 1. The maximum absolute atomic E-state index is 12.8. The number of hydrogen-bond acceptors (Lipinski definition) is 6. The molecular formula is C19H18N6O2. The highest BCUT2D eigenvalue weighted by atomic mass is 16.5. The van der Waals surface area contributed by atoms with E-state index in [1.807, 2.05) is 18.2 Å². The lowest BCUT2D eigenvalue weighted by molar-refractivity contribution is 0.0303. The number of benzene rings is 1. The van der Waals surface area contributed by atoms with Crippen LogP contribution in [0.25, 0.3) is 17.0 Å². The molecule has 0 saturated carbocycles. The third kappa shape index (κ3) is 3.12. The van der Waals surface area contributed by atoms with E-state index >= 15 is 0 Å². The lowest BCUT2D eigenvalue weighted by Crippen LogP contribution is -2.40. The molecule has 0 atom stereocenters. The van der Waals surface area contributed by atoms with E-state index in [0.29, 0.717) is 54.6 Å². The molecule has 1 N–H and O–H groups in total. The van der Waals surface area contributed by atoms with Crippen LogP contribution in [-0.4, -0.2) is 52.8 Å².